The van der Waals surface area contributed by atoms with E-state index in [1.165, 1.54) is 51.4 Å². The summed E-state index contributed by atoms with van der Waals surface area (Å²) in [5, 5.41) is 10.6. The van der Waals surface area contributed by atoms with Crippen molar-refractivity contribution in [3.8, 4) is 0 Å². The first-order valence-corrected chi connectivity index (χ1v) is 11.0. The summed E-state index contributed by atoms with van der Waals surface area (Å²) < 4.78 is 0. The molecule has 142 valence electrons. The molecule has 2 nitrogen and oxygen atoms in total. The van der Waals surface area contributed by atoms with Gasteiger partial charge in [0.1, 0.15) is 0 Å². The first-order chi connectivity index (χ1) is 12.0. The van der Waals surface area contributed by atoms with Crippen LogP contribution in [0.4, 0.5) is 0 Å². The van der Waals surface area contributed by atoms with Gasteiger partial charge in [-0.05, 0) is 111 Å². The van der Waals surface area contributed by atoms with Gasteiger partial charge < -0.3 is 10.8 Å². The van der Waals surface area contributed by atoms with E-state index in [9.17, 15) is 5.11 Å². The lowest BCUT2D eigenvalue weighted by Gasteiger charge is -2.60. The van der Waals surface area contributed by atoms with Gasteiger partial charge in [-0.2, -0.15) is 0 Å². The number of allylic oxidation sites excluding steroid dienone is 1. The smallest absolute Gasteiger partial charge is 0.0596 e. The molecule has 3 N–H and O–H groups in total. The van der Waals surface area contributed by atoms with Crippen LogP contribution < -0.4 is 5.73 Å². The zero-order valence-corrected chi connectivity index (χ0v) is 16.4. The molecule has 0 amide bonds. The van der Waals surface area contributed by atoms with E-state index in [-0.39, 0.29) is 11.5 Å². The topological polar surface area (TPSA) is 46.2 Å². The number of hydrogen-bond donors (Lipinski definition) is 2. The Morgan fingerprint density at radius 1 is 0.960 bits per heavy atom. The molecular formula is C23H39NO. The summed E-state index contributed by atoms with van der Waals surface area (Å²) in [6, 6.07) is 0. The van der Waals surface area contributed by atoms with Gasteiger partial charge in [0.25, 0.3) is 0 Å². The molecule has 8 unspecified atom stereocenters. The van der Waals surface area contributed by atoms with Crippen molar-refractivity contribution in [2.45, 2.75) is 84.2 Å². The molecular weight excluding hydrogens is 306 g/mol. The van der Waals surface area contributed by atoms with Crippen LogP contribution in [0.3, 0.4) is 0 Å². The molecule has 8 atom stereocenters. The molecule has 4 saturated carbocycles. The van der Waals surface area contributed by atoms with Gasteiger partial charge in [0.2, 0.25) is 0 Å². The van der Waals surface area contributed by atoms with Gasteiger partial charge >= 0.3 is 0 Å². The van der Waals surface area contributed by atoms with Gasteiger partial charge in [0, 0.05) is 0 Å². The van der Waals surface area contributed by atoms with Gasteiger partial charge in [-0.1, -0.05) is 26.0 Å². The van der Waals surface area contributed by atoms with Crippen LogP contribution >= 0.6 is 0 Å². The van der Waals surface area contributed by atoms with Crippen LogP contribution in [0.2, 0.25) is 0 Å². The molecule has 0 aromatic carbocycles. The zero-order valence-electron chi connectivity index (χ0n) is 16.4. The number of hydrogen-bond acceptors (Lipinski definition) is 2. The van der Waals surface area contributed by atoms with Crippen LogP contribution in [0.25, 0.3) is 0 Å². The number of aliphatic hydroxyl groups is 1. The molecule has 4 fully saturated rings. The van der Waals surface area contributed by atoms with Crippen LogP contribution in [-0.2, 0) is 0 Å². The summed E-state index contributed by atoms with van der Waals surface area (Å²) in [7, 11) is 0. The Labute approximate surface area is 154 Å². The van der Waals surface area contributed by atoms with Gasteiger partial charge in [-0.3, -0.25) is 0 Å². The van der Waals surface area contributed by atoms with Crippen molar-refractivity contribution in [3.63, 3.8) is 0 Å². The summed E-state index contributed by atoms with van der Waals surface area (Å²) in [5.74, 6) is 4.32. The average Bonchev–Trinajstić information content (AvgIpc) is 2.90. The molecule has 0 bridgehead atoms. The summed E-state index contributed by atoms with van der Waals surface area (Å²) in [6.07, 6.45) is 17.8. The summed E-state index contributed by atoms with van der Waals surface area (Å²) in [6.45, 7) is 5.82. The van der Waals surface area contributed by atoms with Crippen molar-refractivity contribution in [1.29, 1.82) is 0 Å². The summed E-state index contributed by atoms with van der Waals surface area (Å²) in [4.78, 5) is 0. The predicted octanol–water partition coefficient (Wildman–Crippen LogP) is 4.91. The van der Waals surface area contributed by atoms with Crippen molar-refractivity contribution >= 4 is 0 Å². The minimum atomic E-state index is -0.0348. The maximum atomic E-state index is 10.6. The van der Waals surface area contributed by atoms with Crippen LogP contribution in [0.15, 0.2) is 12.2 Å². The molecule has 0 aromatic heterocycles. The molecule has 4 aliphatic rings. The lowest BCUT2D eigenvalue weighted by Crippen LogP contribution is -2.53. The van der Waals surface area contributed by atoms with E-state index in [1.807, 2.05) is 0 Å². The first kappa shape index (κ1) is 18.0. The van der Waals surface area contributed by atoms with Crippen LogP contribution in [0.1, 0.15) is 78.1 Å². The molecule has 0 radical (unpaired) electrons. The maximum Gasteiger partial charge on any atom is 0.0596 e. The van der Waals surface area contributed by atoms with Crippen molar-refractivity contribution < 1.29 is 5.11 Å². The standard InChI is InChI=1S/C23H39NO/c1-22-12-10-16(5-3-4-14-24)15-17(22)6-7-18-19-8-9-21(25)23(19,2)13-11-20(18)22/h3,5,16-21,25H,4,6-15,24H2,1-2H3. The van der Waals surface area contributed by atoms with Crippen molar-refractivity contribution in [2.24, 2.45) is 46.2 Å². The Kier molecular flexibility index (Phi) is 4.82. The fourth-order valence-corrected chi connectivity index (χ4v) is 7.82. The second-order valence-corrected chi connectivity index (χ2v) is 10.3. The highest BCUT2D eigenvalue weighted by Crippen LogP contribution is 2.66. The second-order valence-electron chi connectivity index (χ2n) is 10.3. The Bertz CT molecular complexity index is 516. The molecule has 0 spiro atoms. The third-order valence-corrected chi connectivity index (χ3v) is 9.40. The van der Waals surface area contributed by atoms with Gasteiger partial charge in [-0.25, -0.2) is 0 Å². The van der Waals surface area contributed by atoms with E-state index in [2.05, 4.69) is 26.0 Å². The molecule has 4 rings (SSSR count). The summed E-state index contributed by atoms with van der Waals surface area (Å²) in [5.41, 5.74) is 6.43. The molecule has 0 aliphatic heterocycles. The van der Waals surface area contributed by atoms with Crippen molar-refractivity contribution in [3.05, 3.63) is 12.2 Å². The monoisotopic (exact) mass is 345 g/mol. The first-order valence-electron chi connectivity index (χ1n) is 11.0. The normalized spacial score (nSPS) is 52.6. The third-order valence-electron chi connectivity index (χ3n) is 9.40. The van der Waals surface area contributed by atoms with Gasteiger partial charge in [0.15, 0.2) is 0 Å². The highest BCUT2D eigenvalue weighted by molar-refractivity contribution is 5.10. The number of rotatable bonds is 3. The van der Waals surface area contributed by atoms with Crippen molar-refractivity contribution in [1.82, 2.24) is 0 Å². The lowest BCUT2D eigenvalue weighted by molar-refractivity contribution is -0.124. The van der Waals surface area contributed by atoms with Crippen LogP contribution in [-0.4, -0.2) is 17.8 Å². The highest BCUT2D eigenvalue weighted by Gasteiger charge is 2.59. The number of nitrogens with two attached hydrogens (primary N) is 1. The van der Waals surface area contributed by atoms with E-state index in [1.54, 1.807) is 0 Å². The van der Waals surface area contributed by atoms with Crippen LogP contribution in [0, 0.1) is 40.4 Å². The van der Waals surface area contributed by atoms with Crippen molar-refractivity contribution in [2.75, 3.05) is 6.54 Å². The molecule has 4 aliphatic carbocycles. The van der Waals surface area contributed by atoms with E-state index < -0.39 is 0 Å². The highest BCUT2D eigenvalue weighted by atomic mass is 16.3. The lowest BCUT2D eigenvalue weighted by atomic mass is 9.44. The van der Waals surface area contributed by atoms with E-state index in [0.717, 1.165) is 49.0 Å². The Hall–Kier alpha value is -0.340. The maximum absolute atomic E-state index is 10.6. The Balaban J connectivity index is 1.49. The average molecular weight is 346 g/mol. The van der Waals surface area contributed by atoms with Gasteiger partial charge in [0.05, 0.1) is 6.10 Å². The van der Waals surface area contributed by atoms with Gasteiger partial charge in [-0.15, -0.1) is 0 Å². The molecule has 2 heteroatoms. The SMILES string of the molecule is CC12CCC3C(CCC4CC(C=CCCN)CCC43C)C1CCC2O. The quantitative estimate of drug-likeness (QED) is 0.714. The second kappa shape index (κ2) is 6.68. The molecule has 0 heterocycles. The molecule has 25 heavy (non-hydrogen) atoms. The fourth-order valence-electron chi connectivity index (χ4n) is 7.82. The zero-order chi connectivity index (χ0) is 17.7. The van der Waals surface area contributed by atoms with E-state index in [0.29, 0.717) is 5.41 Å². The van der Waals surface area contributed by atoms with E-state index in [4.69, 9.17) is 5.73 Å². The minimum Gasteiger partial charge on any atom is -0.393 e. The largest absolute Gasteiger partial charge is 0.393 e. The fraction of sp³-hybridized carbons (Fsp3) is 0.913. The molecule has 0 saturated heterocycles. The Morgan fingerprint density at radius 3 is 2.52 bits per heavy atom. The number of fused-ring (bicyclic) bond motifs is 5. The number of aliphatic hydroxyl groups excluding tert-OH is 1. The molecule has 0 aromatic rings. The predicted molar refractivity (Wildman–Crippen MR) is 104 cm³/mol. The van der Waals surface area contributed by atoms with E-state index >= 15 is 0 Å². The third kappa shape index (κ3) is 2.83. The van der Waals surface area contributed by atoms with Crippen LogP contribution in [0.5, 0.6) is 0 Å². The summed E-state index contributed by atoms with van der Waals surface area (Å²) >= 11 is 0. The Morgan fingerprint density at radius 2 is 1.72 bits per heavy atom. The minimum absolute atomic E-state index is 0.0348.